The molecule has 0 spiro atoms. The molecule has 0 radical (unpaired) electrons. The van der Waals surface area contributed by atoms with E-state index in [1.807, 2.05) is 0 Å². The Hall–Kier alpha value is -3.63. The number of halogens is 3. The smallest absolute Gasteiger partial charge is 0.406 e. The number of hydrogen-bond acceptors (Lipinski definition) is 5. The molecule has 1 atom stereocenters. The lowest BCUT2D eigenvalue weighted by Gasteiger charge is -2.23. The van der Waals surface area contributed by atoms with E-state index in [0.29, 0.717) is 11.3 Å². The monoisotopic (exact) mass is 490 g/mol. The largest absolute Gasteiger partial charge is 0.573 e. The van der Waals surface area contributed by atoms with Crippen LogP contribution in [0.2, 0.25) is 0 Å². The Morgan fingerprint density at radius 2 is 1.80 bits per heavy atom. The fourth-order valence-corrected chi connectivity index (χ4v) is 4.40. The van der Waals surface area contributed by atoms with Crippen molar-refractivity contribution in [2.24, 2.45) is 5.92 Å². The number of nitrogens with zero attached hydrogens (tertiary/aromatic N) is 3. The number of carbonyl (C=O) groups is 3. The van der Waals surface area contributed by atoms with Crippen molar-refractivity contribution in [3.8, 4) is 5.75 Å². The van der Waals surface area contributed by atoms with Gasteiger partial charge < -0.3 is 15.0 Å². The van der Waals surface area contributed by atoms with Gasteiger partial charge in [-0.3, -0.25) is 14.6 Å². The molecule has 35 heavy (non-hydrogen) atoms. The first-order valence-corrected chi connectivity index (χ1v) is 11.4. The zero-order chi connectivity index (χ0) is 25.2. The van der Waals surface area contributed by atoms with Gasteiger partial charge in [0.25, 0.3) is 5.91 Å². The summed E-state index contributed by atoms with van der Waals surface area (Å²) in [6, 6.07) is 4.76. The van der Waals surface area contributed by atoms with E-state index in [-0.39, 0.29) is 24.1 Å². The molecule has 0 bridgehead atoms. The van der Waals surface area contributed by atoms with Gasteiger partial charge >= 0.3 is 12.4 Å². The van der Waals surface area contributed by atoms with Gasteiger partial charge in [0, 0.05) is 12.1 Å². The summed E-state index contributed by atoms with van der Waals surface area (Å²) in [7, 11) is 0. The molecule has 2 aliphatic rings. The van der Waals surface area contributed by atoms with E-state index in [2.05, 4.69) is 15.0 Å². The summed E-state index contributed by atoms with van der Waals surface area (Å²) in [5.74, 6) is -1.12. The predicted octanol–water partition coefficient (Wildman–Crippen LogP) is 4.86. The second-order valence-electron chi connectivity index (χ2n) is 8.66. The SMILES string of the molecule is CC1C(=O)N(c2ccc(OC(F)(F)F)cc2)C(=O)N1Cc1ccncc1NC(=O)C1CCCCC1. The molecule has 2 fully saturated rings. The van der Waals surface area contributed by atoms with Gasteiger partial charge in [0.15, 0.2) is 0 Å². The number of anilines is 2. The van der Waals surface area contributed by atoms with Crippen LogP contribution >= 0.6 is 0 Å². The molecule has 1 saturated carbocycles. The van der Waals surface area contributed by atoms with Crippen LogP contribution in [0.3, 0.4) is 0 Å². The summed E-state index contributed by atoms with van der Waals surface area (Å²) in [4.78, 5) is 45.1. The second-order valence-corrected chi connectivity index (χ2v) is 8.66. The average molecular weight is 490 g/mol. The molecule has 1 N–H and O–H groups in total. The first-order valence-electron chi connectivity index (χ1n) is 11.4. The Morgan fingerprint density at radius 1 is 1.11 bits per heavy atom. The van der Waals surface area contributed by atoms with Crippen molar-refractivity contribution in [2.75, 3.05) is 10.2 Å². The van der Waals surface area contributed by atoms with Crippen molar-refractivity contribution in [3.05, 3.63) is 48.3 Å². The molecule has 11 heteroatoms. The number of urea groups is 1. The third-order valence-corrected chi connectivity index (χ3v) is 6.30. The molecule has 1 saturated heterocycles. The molecule has 2 heterocycles. The lowest BCUT2D eigenvalue weighted by atomic mass is 9.88. The van der Waals surface area contributed by atoms with E-state index in [4.69, 9.17) is 0 Å². The number of alkyl halides is 3. The van der Waals surface area contributed by atoms with E-state index < -0.39 is 30.1 Å². The quantitative estimate of drug-likeness (QED) is 0.584. The third kappa shape index (κ3) is 5.55. The maximum atomic E-state index is 13.1. The summed E-state index contributed by atoms with van der Waals surface area (Å²) in [6.07, 6.45) is 3.02. The van der Waals surface area contributed by atoms with Crippen LogP contribution in [0.5, 0.6) is 5.75 Å². The molecule has 4 amide bonds. The number of ether oxygens (including phenoxy) is 1. The summed E-state index contributed by atoms with van der Waals surface area (Å²) in [5, 5.41) is 2.92. The van der Waals surface area contributed by atoms with Gasteiger partial charge in [-0.05, 0) is 55.7 Å². The number of hydrogen-bond donors (Lipinski definition) is 1. The van der Waals surface area contributed by atoms with Crippen LogP contribution in [0.15, 0.2) is 42.7 Å². The van der Waals surface area contributed by atoms with Gasteiger partial charge in [0.2, 0.25) is 5.91 Å². The normalized spacial score (nSPS) is 19.3. The predicted molar refractivity (Wildman–Crippen MR) is 120 cm³/mol. The van der Waals surface area contributed by atoms with Crippen molar-refractivity contribution in [1.29, 1.82) is 0 Å². The zero-order valence-corrected chi connectivity index (χ0v) is 19.0. The van der Waals surface area contributed by atoms with Gasteiger partial charge in [0.1, 0.15) is 11.8 Å². The highest BCUT2D eigenvalue weighted by Crippen LogP contribution is 2.31. The number of imide groups is 1. The van der Waals surface area contributed by atoms with Crippen LogP contribution in [0.4, 0.5) is 29.3 Å². The van der Waals surface area contributed by atoms with Crippen molar-refractivity contribution in [2.45, 2.75) is 58.0 Å². The maximum absolute atomic E-state index is 13.1. The molecular formula is C24H25F3N4O4. The summed E-state index contributed by atoms with van der Waals surface area (Å²) in [6.45, 7) is 1.61. The number of nitrogens with one attached hydrogen (secondary N) is 1. The third-order valence-electron chi connectivity index (χ3n) is 6.30. The molecule has 1 aliphatic carbocycles. The topological polar surface area (TPSA) is 91.8 Å². The van der Waals surface area contributed by atoms with E-state index in [1.54, 1.807) is 13.0 Å². The van der Waals surface area contributed by atoms with E-state index in [1.165, 1.54) is 29.4 Å². The number of pyridine rings is 1. The molecular weight excluding hydrogens is 465 g/mol. The standard InChI is InChI=1S/C24H25F3N4O4/c1-15-22(33)31(18-7-9-19(10-8-18)35-24(25,26)27)23(34)30(15)14-17-11-12-28-13-20(17)29-21(32)16-5-3-2-4-6-16/h7-13,15-16H,2-6,14H2,1H3,(H,29,32). The molecule has 2 aromatic rings. The second kappa shape index (κ2) is 9.93. The summed E-state index contributed by atoms with van der Waals surface area (Å²) >= 11 is 0. The van der Waals surface area contributed by atoms with Gasteiger partial charge in [-0.15, -0.1) is 13.2 Å². The van der Waals surface area contributed by atoms with Gasteiger partial charge in [-0.2, -0.15) is 0 Å². The average Bonchev–Trinajstić information content (AvgIpc) is 3.03. The minimum atomic E-state index is -4.85. The van der Waals surface area contributed by atoms with E-state index >= 15 is 0 Å². The van der Waals surface area contributed by atoms with Crippen LogP contribution in [0, 0.1) is 5.92 Å². The molecule has 1 aromatic heterocycles. The van der Waals surface area contributed by atoms with Crippen LogP contribution in [-0.4, -0.2) is 40.1 Å². The highest BCUT2D eigenvalue weighted by molar-refractivity contribution is 6.21. The van der Waals surface area contributed by atoms with Gasteiger partial charge in [0.05, 0.1) is 24.1 Å². The highest BCUT2D eigenvalue weighted by atomic mass is 19.4. The number of benzene rings is 1. The minimum absolute atomic E-state index is 0.0420. The number of carbonyl (C=O) groups excluding carboxylic acids is 3. The molecule has 1 aromatic carbocycles. The number of rotatable bonds is 6. The Bertz CT molecular complexity index is 1100. The molecule has 1 aliphatic heterocycles. The fourth-order valence-electron chi connectivity index (χ4n) is 4.40. The first-order chi connectivity index (χ1) is 16.6. The van der Waals surface area contributed by atoms with Gasteiger partial charge in [-0.1, -0.05) is 19.3 Å². The highest BCUT2D eigenvalue weighted by Gasteiger charge is 2.43. The molecule has 1 unspecified atom stereocenters. The fraction of sp³-hybridized carbons (Fsp3) is 0.417. The minimum Gasteiger partial charge on any atom is -0.406 e. The lowest BCUT2D eigenvalue weighted by molar-refractivity contribution is -0.274. The maximum Gasteiger partial charge on any atom is 0.573 e. The number of aromatic nitrogens is 1. The Morgan fingerprint density at radius 3 is 2.46 bits per heavy atom. The number of amides is 4. The molecule has 186 valence electrons. The van der Waals surface area contributed by atoms with Crippen LogP contribution in [0.1, 0.15) is 44.6 Å². The first kappa shape index (κ1) is 24.5. The Labute approximate surface area is 200 Å². The van der Waals surface area contributed by atoms with Crippen LogP contribution in [0.25, 0.3) is 0 Å². The van der Waals surface area contributed by atoms with Crippen LogP contribution in [-0.2, 0) is 16.1 Å². The molecule has 4 rings (SSSR count). The van der Waals surface area contributed by atoms with Crippen molar-refractivity contribution in [1.82, 2.24) is 9.88 Å². The summed E-state index contributed by atoms with van der Waals surface area (Å²) in [5.41, 5.74) is 1.22. The summed E-state index contributed by atoms with van der Waals surface area (Å²) < 4.78 is 41.1. The van der Waals surface area contributed by atoms with E-state index in [0.717, 1.165) is 49.1 Å². The van der Waals surface area contributed by atoms with Crippen molar-refractivity contribution in [3.63, 3.8) is 0 Å². The van der Waals surface area contributed by atoms with Crippen molar-refractivity contribution < 1.29 is 32.3 Å². The van der Waals surface area contributed by atoms with Crippen LogP contribution < -0.4 is 15.0 Å². The van der Waals surface area contributed by atoms with Crippen molar-refractivity contribution >= 4 is 29.2 Å². The zero-order valence-electron chi connectivity index (χ0n) is 19.0. The van der Waals surface area contributed by atoms with E-state index in [9.17, 15) is 27.6 Å². The Balaban J connectivity index is 1.49. The molecule has 8 nitrogen and oxygen atoms in total. The lowest BCUT2D eigenvalue weighted by Crippen LogP contribution is -2.34. The van der Waals surface area contributed by atoms with Gasteiger partial charge in [-0.25, -0.2) is 9.69 Å². The Kier molecular flexibility index (Phi) is 6.95.